The van der Waals surface area contributed by atoms with Crippen molar-refractivity contribution in [3.63, 3.8) is 0 Å². The Hall–Kier alpha value is -2.79. The van der Waals surface area contributed by atoms with Crippen LogP contribution in [-0.2, 0) is 32.5 Å². The molecule has 4 rings (SSSR count). The number of nitrogens with two attached hydrogens (primary N) is 1. The van der Waals surface area contributed by atoms with Crippen molar-refractivity contribution in [1.29, 1.82) is 0 Å². The molecule has 1 aliphatic rings. The highest BCUT2D eigenvalue weighted by Gasteiger charge is 2.27. The number of rotatable bonds is 17. The number of benzene rings is 3. The molecule has 0 saturated carbocycles. The number of unbranched alkanes of at least 4 members (excludes halogenated alkanes) is 4. The van der Waals surface area contributed by atoms with Crippen LogP contribution in [0.3, 0.4) is 0 Å². The molecule has 0 bridgehead atoms. The van der Waals surface area contributed by atoms with Gasteiger partial charge in [0.15, 0.2) is 0 Å². The summed E-state index contributed by atoms with van der Waals surface area (Å²) >= 11 is 0. The van der Waals surface area contributed by atoms with Crippen molar-refractivity contribution in [3.8, 4) is 16.9 Å². The zero-order chi connectivity index (χ0) is 30.7. The number of ether oxygens (including phenoxy) is 3. The first-order valence-corrected chi connectivity index (χ1v) is 16.8. The fourth-order valence-electron chi connectivity index (χ4n) is 5.07. The molecule has 4 N–H and O–H groups in total. The minimum absolute atomic E-state index is 0.120. The fraction of sp³-hybridized carbons (Fsp3) is 0.471. The van der Waals surface area contributed by atoms with Crippen LogP contribution in [0, 0.1) is 0 Å². The van der Waals surface area contributed by atoms with Gasteiger partial charge in [0.05, 0.1) is 17.6 Å². The van der Waals surface area contributed by atoms with E-state index in [4.69, 9.17) is 19.3 Å². The van der Waals surface area contributed by atoms with E-state index >= 15 is 0 Å². The molecule has 234 valence electrons. The van der Waals surface area contributed by atoms with Crippen molar-refractivity contribution in [1.82, 2.24) is 5.32 Å². The normalized spacial score (nSPS) is 15.1. The number of primary sulfonamides is 1. The Morgan fingerprint density at radius 2 is 1.56 bits per heavy atom. The SMILES string of the molecule is CC1(C)OCc2cc([C@@H](O)CNCCCCCCOCCCCc3ccc(-c4ccc(S(N)(=O)=O)cc4)cc3)ccc2O1. The minimum atomic E-state index is -3.67. The number of hydrogen-bond donors (Lipinski definition) is 3. The first-order valence-electron chi connectivity index (χ1n) is 15.3. The third kappa shape index (κ3) is 10.7. The van der Waals surface area contributed by atoms with Crippen LogP contribution in [0.2, 0.25) is 0 Å². The molecule has 0 fully saturated rings. The third-order valence-corrected chi connectivity index (χ3v) is 8.53. The van der Waals surface area contributed by atoms with Gasteiger partial charge in [-0.3, -0.25) is 0 Å². The van der Waals surface area contributed by atoms with Gasteiger partial charge in [-0.1, -0.05) is 55.3 Å². The Balaban J connectivity index is 0.982. The largest absolute Gasteiger partial charge is 0.463 e. The van der Waals surface area contributed by atoms with Crippen LogP contribution in [0.5, 0.6) is 5.75 Å². The fourth-order valence-corrected chi connectivity index (χ4v) is 5.58. The van der Waals surface area contributed by atoms with E-state index in [2.05, 4.69) is 29.6 Å². The van der Waals surface area contributed by atoms with Crippen LogP contribution in [0.15, 0.2) is 71.6 Å². The van der Waals surface area contributed by atoms with Crippen molar-refractivity contribution < 1.29 is 27.7 Å². The van der Waals surface area contributed by atoms with Crippen molar-refractivity contribution in [2.45, 2.75) is 82.2 Å². The molecule has 8 nitrogen and oxygen atoms in total. The van der Waals surface area contributed by atoms with E-state index in [0.29, 0.717) is 13.2 Å². The maximum absolute atomic E-state index is 11.4. The van der Waals surface area contributed by atoms with Crippen LogP contribution < -0.4 is 15.2 Å². The highest BCUT2D eigenvalue weighted by atomic mass is 32.2. The Labute approximate surface area is 256 Å². The molecule has 0 aliphatic carbocycles. The molecule has 0 spiro atoms. The molecule has 0 radical (unpaired) electrons. The lowest BCUT2D eigenvalue weighted by molar-refractivity contribution is -0.180. The first kappa shape index (κ1) is 33.1. The Bertz CT molecular complexity index is 1390. The molecule has 0 amide bonds. The number of nitrogens with one attached hydrogen (secondary N) is 1. The van der Waals surface area contributed by atoms with E-state index in [0.717, 1.165) is 92.7 Å². The molecule has 3 aromatic carbocycles. The van der Waals surface area contributed by atoms with Crippen LogP contribution in [-0.4, -0.2) is 45.6 Å². The summed E-state index contributed by atoms with van der Waals surface area (Å²) in [6, 6.07) is 20.8. The average molecular weight is 611 g/mol. The van der Waals surface area contributed by atoms with Gasteiger partial charge in [-0.15, -0.1) is 0 Å². The summed E-state index contributed by atoms with van der Waals surface area (Å²) in [5.74, 6) is 0.208. The van der Waals surface area contributed by atoms with Crippen LogP contribution in [0.1, 0.15) is 75.2 Å². The second kappa shape index (κ2) is 15.8. The molecular formula is C34H46N2O6S. The number of aryl methyl sites for hydroxylation is 1. The Morgan fingerprint density at radius 3 is 2.26 bits per heavy atom. The summed E-state index contributed by atoms with van der Waals surface area (Å²) in [6.45, 7) is 7.27. The summed E-state index contributed by atoms with van der Waals surface area (Å²) in [5.41, 5.74) is 5.13. The molecule has 9 heteroatoms. The van der Waals surface area contributed by atoms with Crippen molar-refractivity contribution in [2.75, 3.05) is 26.3 Å². The lowest BCUT2D eigenvalue weighted by atomic mass is 10.0. The number of aliphatic hydroxyl groups is 1. The molecule has 3 aromatic rings. The summed E-state index contributed by atoms with van der Waals surface area (Å²) in [6.07, 6.45) is 6.98. The quantitative estimate of drug-likeness (QED) is 0.164. The topological polar surface area (TPSA) is 120 Å². The third-order valence-electron chi connectivity index (χ3n) is 7.60. The van der Waals surface area contributed by atoms with E-state index in [9.17, 15) is 13.5 Å². The summed E-state index contributed by atoms with van der Waals surface area (Å²) in [5, 5.41) is 19.1. The standard InChI is InChI=1S/C34H46N2O6S/c1-34(2)41-25-30-23-29(16-19-33(30)42-34)32(37)24-36-20-6-3-4-7-21-40-22-8-5-9-26-10-12-27(13-11-26)28-14-17-31(18-15-28)43(35,38)39/h10-19,23,32,36-37H,3-9,20-22,24-25H2,1-2H3,(H2,35,38,39)/t32-/m0/s1. The van der Waals surface area contributed by atoms with Gasteiger partial charge in [0.2, 0.25) is 15.8 Å². The highest BCUT2D eigenvalue weighted by molar-refractivity contribution is 7.89. The van der Waals surface area contributed by atoms with Crippen LogP contribution >= 0.6 is 0 Å². The molecule has 1 atom stereocenters. The number of sulfonamides is 1. The molecule has 0 unspecified atom stereocenters. The predicted molar refractivity (Wildman–Crippen MR) is 169 cm³/mol. The predicted octanol–water partition coefficient (Wildman–Crippen LogP) is 5.87. The van der Waals surface area contributed by atoms with E-state index in [1.54, 1.807) is 12.1 Å². The van der Waals surface area contributed by atoms with Gasteiger partial charge in [0.1, 0.15) is 5.75 Å². The number of aliphatic hydroxyl groups excluding tert-OH is 1. The molecule has 0 aromatic heterocycles. The monoisotopic (exact) mass is 610 g/mol. The van der Waals surface area contributed by atoms with Crippen LogP contribution in [0.4, 0.5) is 0 Å². The Kier molecular flexibility index (Phi) is 12.2. The lowest BCUT2D eigenvalue weighted by Crippen LogP contribution is -2.35. The minimum Gasteiger partial charge on any atom is -0.463 e. The van der Waals surface area contributed by atoms with Crippen molar-refractivity contribution in [3.05, 3.63) is 83.4 Å². The molecule has 0 saturated heterocycles. The average Bonchev–Trinajstić information content (AvgIpc) is 2.98. The first-order chi connectivity index (χ1) is 20.6. The smallest absolute Gasteiger partial charge is 0.238 e. The number of hydrogen-bond acceptors (Lipinski definition) is 7. The van der Waals surface area contributed by atoms with Gasteiger partial charge in [-0.25, -0.2) is 13.6 Å². The molecule has 43 heavy (non-hydrogen) atoms. The van der Waals surface area contributed by atoms with Gasteiger partial charge in [0.25, 0.3) is 0 Å². The molecular weight excluding hydrogens is 564 g/mol. The second-order valence-electron chi connectivity index (χ2n) is 11.6. The highest BCUT2D eigenvalue weighted by Crippen LogP contribution is 2.33. The number of fused-ring (bicyclic) bond motifs is 1. The maximum Gasteiger partial charge on any atom is 0.238 e. The van der Waals surface area contributed by atoms with Gasteiger partial charge in [-0.2, -0.15) is 0 Å². The van der Waals surface area contributed by atoms with Gasteiger partial charge < -0.3 is 24.6 Å². The van der Waals surface area contributed by atoms with Gasteiger partial charge in [-0.05, 0) is 85.2 Å². The van der Waals surface area contributed by atoms with Crippen molar-refractivity contribution in [2.24, 2.45) is 5.14 Å². The van der Waals surface area contributed by atoms with E-state index in [1.165, 1.54) is 17.7 Å². The molecule has 1 aliphatic heterocycles. The van der Waals surface area contributed by atoms with Gasteiger partial charge in [0, 0.05) is 39.2 Å². The van der Waals surface area contributed by atoms with E-state index < -0.39 is 21.9 Å². The molecule has 1 heterocycles. The van der Waals surface area contributed by atoms with E-state index in [-0.39, 0.29) is 4.90 Å². The Morgan fingerprint density at radius 1 is 0.907 bits per heavy atom. The summed E-state index contributed by atoms with van der Waals surface area (Å²) in [7, 11) is -3.67. The summed E-state index contributed by atoms with van der Waals surface area (Å²) < 4.78 is 40.2. The van der Waals surface area contributed by atoms with Crippen molar-refractivity contribution >= 4 is 10.0 Å². The zero-order valence-corrected chi connectivity index (χ0v) is 26.2. The zero-order valence-electron chi connectivity index (χ0n) is 25.4. The van der Waals surface area contributed by atoms with Crippen LogP contribution in [0.25, 0.3) is 11.1 Å². The maximum atomic E-state index is 11.4. The lowest BCUT2D eigenvalue weighted by Gasteiger charge is -2.33. The summed E-state index contributed by atoms with van der Waals surface area (Å²) in [4.78, 5) is 0.120. The van der Waals surface area contributed by atoms with E-state index in [1.807, 2.05) is 32.0 Å². The second-order valence-corrected chi connectivity index (χ2v) is 13.2. The van der Waals surface area contributed by atoms with Gasteiger partial charge >= 0.3 is 0 Å².